The van der Waals surface area contributed by atoms with Crippen molar-refractivity contribution in [1.82, 2.24) is 4.67 Å². The van der Waals surface area contributed by atoms with Gasteiger partial charge in [-0.2, -0.15) is 0 Å². The number of ether oxygens (including phenoxy) is 1. The molecular weight excluding hydrogens is 169 g/mol. The SMILES string of the molecule is COC1(C)CCCN(P)CCC1. The van der Waals surface area contributed by atoms with E-state index in [9.17, 15) is 0 Å². The van der Waals surface area contributed by atoms with Crippen LogP contribution < -0.4 is 0 Å². The molecule has 1 heterocycles. The van der Waals surface area contributed by atoms with Gasteiger partial charge in [-0.1, -0.05) is 9.39 Å². The molecule has 0 aliphatic carbocycles. The summed E-state index contributed by atoms with van der Waals surface area (Å²) in [5, 5.41) is 0. The predicted molar refractivity (Wildman–Crippen MR) is 55.2 cm³/mol. The fourth-order valence-corrected chi connectivity index (χ4v) is 2.12. The summed E-state index contributed by atoms with van der Waals surface area (Å²) in [6.45, 7) is 4.60. The first kappa shape index (κ1) is 10.4. The summed E-state index contributed by atoms with van der Waals surface area (Å²) in [4.78, 5) is 0. The number of methoxy groups -OCH3 is 1. The van der Waals surface area contributed by atoms with Gasteiger partial charge in [-0.3, -0.25) is 4.67 Å². The summed E-state index contributed by atoms with van der Waals surface area (Å²) in [5.41, 5.74) is 0.145. The van der Waals surface area contributed by atoms with E-state index >= 15 is 0 Å². The minimum absolute atomic E-state index is 0.145. The molecule has 0 bridgehead atoms. The van der Waals surface area contributed by atoms with Crippen LogP contribution in [0, 0.1) is 0 Å². The molecule has 12 heavy (non-hydrogen) atoms. The molecular formula is C9H20NOP. The molecule has 1 rings (SSSR count). The molecule has 0 aromatic rings. The van der Waals surface area contributed by atoms with Crippen LogP contribution in [0.5, 0.6) is 0 Å². The third kappa shape index (κ3) is 3.01. The van der Waals surface area contributed by atoms with E-state index < -0.39 is 0 Å². The standard InChI is InChI=1S/C9H20NOP/c1-9(11-2)5-3-7-10(12)8-4-6-9/h3-8,12H2,1-2H3. The predicted octanol–water partition coefficient (Wildman–Crippen LogP) is 2.06. The Morgan fingerprint density at radius 3 is 2.17 bits per heavy atom. The molecule has 0 amide bonds. The highest BCUT2D eigenvalue weighted by Gasteiger charge is 2.24. The van der Waals surface area contributed by atoms with Crippen molar-refractivity contribution in [2.45, 2.75) is 38.2 Å². The van der Waals surface area contributed by atoms with E-state index in [0.717, 1.165) is 0 Å². The van der Waals surface area contributed by atoms with Crippen molar-refractivity contribution in [1.29, 1.82) is 0 Å². The summed E-state index contributed by atoms with van der Waals surface area (Å²) < 4.78 is 7.85. The molecule has 0 aromatic heterocycles. The highest BCUT2D eigenvalue weighted by atomic mass is 31.0. The first-order chi connectivity index (χ1) is 5.66. The lowest BCUT2D eigenvalue weighted by molar-refractivity contribution is -0.0164. The second-order valence-electron chi connectivity index (χ2n) is 3.90. The normalized spacial score (nSPS) is 26.2. The van der Waals surface area contributed by atoms with Crippen molar-refractivity contribution in [3.05, 3.63) is 0 Å². The Kier molecular flexibility index (Phi) is 3.95. The lowest BCUT2D eigenvalue weighted by Crippen LogP contribution is -2.32. The second kappa shape index (κ2) is 4.55. The summed E-state index contributed by atoms with van der Waals surface area (Å²) in [7, 11) is 4.62. The van der Waals surface area contributed by atoms with Gasteiger partial charge in [0.25, 0.3) is 0 Å². The average Bonchev–Trinajstić information content (AvgIpc) is 2.01. The van der Waals surface area contributed by atoms with E-state index in [1.165, 1.54) is 38.8 Å². The molecule has 1 aliphatic rings. The number of hydrogen-bond donors (Lipinski definition) is 0. The van der Waals surface area contributed by atoms with Gasteiger partial charge in [-0.05, 0) is 32.6 Å². The molecule has 0 N–H and O–H groups in total. The van der Waals surface area contributed by atoms with Crippen LogP contribution in [0.15, 0.2) is 0 Å². The Balaban J connectivity index is 2.40. The lowest BCUT2D eigenvalue weighted by atomic mass is 9.93. The molecule has 72 valence electrons. The van der Waals surface area contributed by atoms with E-state index in [2.05, 4.69) is 21.0 Å². The van der Waals surface area contributed by atoms with E-state index in [0.29, 0.717) is 0 Å². The van der Waals surface area contributed by atoms with Gasteiger partial charge in [0.15, 0.2) is 0 Å². The first-order valence-electron chi connectivity index (χ1n) is 4.71. The Bertz CT molecular complexity index is 130. The van der Waals surface area contributed by atoms with Crippen molar-refractivity contribution in [3.8, 4) is 0 Å². The van der Waals surface area contributed by atoms with Gasteiger partial charge in [0.05, 0.1) is 5.60 Å². The van der Waals surface area contributed by atoms with Crippen LogP contribution in [0.2, 0.25) is 0 Å². The van der Waals surface area contributed by atoms with E-state index in [1.54, 1.807) is 0 Å². The van der Waals surface area contributed by atoms with Gasteiger partial charge in [0, 0.05) is 20.2 Å². The van der Waals surface area contributed by atoms with Gasteiger partial charge >= 0.3 is 0 Å². The molecule has 1 atom stereocenters. The van der Waals surface area contributed by atoms with Gasteiger partial charge in [0.2, 0.25) is 0 Å². The first-order valence-corrected chi connectivity index (χ1v) is 5.23. The lowest BCUT2D eigenvalue weighted by Gasteiger charge is -2.32. The largest absolute Gasteiger partial charge is 0.379 e. The van der Waals surface area contributed by atoms with E-state index in [1.807, 2.05) is 7.11 Å². The van der Waals surface area contributed by atoms with Crippen LogP contribution in [-0.2, 0) is 4.74 Å². The van der Waals surface area contributed by atoms with Gasteiger partial charge < -0.3 is 4.74 Å². The Morgan fingerprint density at radius 2 is 1.75 bits per heavy atom. The molecule has 0 spiro atoms. The highest BCUT2D eigenvalue weighted by Crippen LogP contribution is 2.26. The topological polar surface area (TPSA) is 12.5 Å². The fourth-order valence-electron chi connectivity index (χ4n) is 1.75. The summed E-state index contributed by atoms with van der Waals surface area (Å²) in [5.74, 6) is 0. The van der Waals surface area contributed by atoms with Crippen molar-refractivity contribution >= 4 is 9.39 Å². The third-order valence-electron chi connectivity index (χ3n) is 2.79. The van der Waals surface area contributed by atoms with Crippen LogP contribution in [0.3, 0.4) is 0 Å². The third-order valence-corrected chi connectivity index (χ3v) is 3.31. The van der Waals surface area contributed by atoms with Crippen LogP contribution in [0.1, 0.15) is 32.6 Å². The van der Waals surface area contributed by atoms with Crippen LogP contribution in [0.25, 0.3) is 0 Å². The van der Waals surface area contributed by atoms with Crippen molar-refractivity contribution in [3.63, 3.8) is 0 Å². The second-order valence-corrected chi connectivity index (χ2v) is 4.63. The summed E-state index contributed by atoms with van der Waals surface area (Å²) in [6, 6.07) is 0. The molecule has 2 nitrogen and oxygen atoms in total. The summed E-state index contributed by atoms with van der Waals surface area (Å²) in [6.07, 6.45) is 4.87. The van der Waals surface area contributed by atoms with Gasteiger partial charge in [-0.15, -0.1) is 0 Å². The van der Waals surface area contributed by atoms with E-state index in [4.69, 9.17) is 4.74 Å². The Labute approximate surface area is 77.9 Å². The maximum absolute atomic E-state index is 5.52. The zero-order chi connectivity index (χ0) is 9.03. The molecule has 1 saturated heterocycles. The Hall–Kier alpha value is 0.350. The molecule has 1 unspecified atom stereocenters. The molecule has 0 aromatic carbocycles. The van der Waals surface area contributed by atoms with E-state index in [-0.39, 0.29) is 5.60 Å². The smallest absolute Gasteiger partial charge is 0.0651 e. The zero-order valence-corrected chi connectivity index (χ0v) is 9.33. The zero-order valence-electron chi connectivity index (χ0n) is 8.18. The number of hydrogen-bond acceptors (Lipinski definition) is 2. The molecule has 1 aliphatic heterocycles. The Morgan fingerprint density at radius 1 is 1.25 bits per heavy atom. The molecule has 0 saturated carbocycles. The minimum atomic E-state index is 0.145. The van der Waals surface area contributed by atoms with Crippen LogP contribution in [0.4, 0.5) is 0 Å². The molecule has 0 radical (unpaired) electrons. The maximum Gasteiger partial charge on any atom is 0.0651 e. The monoisotopic (exact) mass is 189 g/mol. The van der Waals surface area contributed by atoms with Gasteiger partial charge in [-0.25, -0.2) is 0 Å². The van der Waals surface area contributed by atoms with Crippen LogP contribution >= 0.6 is 9.39 Å². The maximum atomic E-state index is 5.52. The van der Waals surface area contributed by atoms with Gasteiger partial charge in [0.1, 0.15) is 0 Å². The number of nitrogens with zero attached hydrogens (tertiary/aromatic N) is 1. The average molecular weight is 189 g/mol. The van der Waals surface area contributed by atoms with Crippen molar-refractivity contribution in [2.75, 3.05) is 20.2 Å². The molecule has 1 fully saturated rings. The van der Waals surface area contributed by atoms with Crippen molar-refractivity contribution in [2.24, 2.45) is 0 Å². The minimum Gasteiger partial charge on any atom is -0.379 e. The van der Waals surface area contributed by atoms with Crippen LogP contribution in [-0.4, -0.2) is 30.5 Å². The quantitative estimate of drug-likeness (QED) is 0.585. The molecule has 3 heteroatoms. The fraction of sp³-hybridized carbons (Fsp3) is 1.00. The highest BCUT2D eigenvalue weighted by molar-refractivity contribution is 7.13. The summed E-state index contributed by atoms with van der Waals surface area (Å²) >= 11 is 0. The van der Waals surface area contributed by atoms with Crippen molar-refractivity contribution < 1.29 is 4.74 Å². The number of rotatable bonds is 1.